The van der Waals surface area contributed by atoms with Crippen LogP contribution in [0.5, 0.6) is 0 Å². The van der Waals surface area contributed by atoms with Crippen molar-refractivity contribution in [2.45, 2.75) is 24.3 Å². The third-order valence-corrected chi connectivity index (χ3v) is 5.99. The van der Waals surface area contributed by atoms with Crippen LogP contribution in [0.4, 0.5) is 5.69 Å². The normalized spacial score (nSPS) is 13.4. The van der Waals surface area contributed by atoms with Gasteiger partial charge in [0.1, 0.15) is 5.82 Å². The maximum atomic E-state index is 12.5. The number of rotatable bonds is 5. The van der Waals surface area contributed by atoms with Gasteiger partial charge in [0.05, 0.1) is 22.3 Å². The molecular formula is C19H18N4O4S. The lowest BCUT2D eigenvalue weighted by Crippen LogP contribution is -2.32. The molecule has 4 rings (SSSR count). The Balaban J connectivity index is 1.48. The van der Waals surface area contributed by atoms with Gasteiger partial charge in [-0.05, 0) is 36.8 Å². The zero-order valence-electron chi connectivity index (χ0n) is 14.9. The van der Waals surface area contributed by atoms with Gasteiger partial charge in [0, 0.05) is 18.7 Å². The fraction of sp³-hybridized carbons (Fsp3) is 0.211. The van der Waals surface area contributed by atoms with E-state index in [2.05, 4.69) is 15.0 Å². The van der Waals surface area contributed by atoms with Crippen LogP contribution in [-0.4, -0.2) is 30.4 Å². The number of hydrogen-bond donors (Lipinski definition) is 2. The third-order valence-electron chi connectivity index (χ3n) is 4.58. The van der Waals surface area contributed by atoms with Gasteiger partial charge in [-0.2, -0.15) is 0 Å². The van der Waals surface area contributed by atoms with Crippen LogP contribution in [0.15, 0.2) is 58.2 Å². The van der Waals surface area contributed by atoms with Crippen molar-refractivity contribution in [2.24, 2.45) is 0 Å². The number of nitrogens with one attached hydrogen (secondary N) is 2. The van der Waals surface area contributed by atoms with E-state index in [1.54, 1.807) is 41.0 Å². The number of fused-ring (bicyclic) bond motifs is 2. The van der Waals surface area contributed by atoms with E-state index in [1.165, 1.54) is 12.1 Å². The average Bonchev–Trinajstić information content (AvgIpc) is 3.16. The highest BCUT2D eigenvalue weighted by Crippen LogP contribution is 2.18. The topological polar surface area (TPSA) is 110 Å². The lowest BCUT2D eigenvalue weighted by Gasteiger charge is -2.09. The SMILES string of the molecule is O=C(CNS(=O)(=O)c1ccccc1)Nc1ccc2c(=O)n3c(nc2c1)CCC3. The van der Waals surface area contributed by atoms with Crippen molar-refractivity contribution >= 4 is 32.5 Å². The Kier molecular flexibility index (Phi) is 4.70. The van der Waals surface area contributed by atoms with E-state index in [-0.39, 0.29) is 10.5 Å². The number of carbonyl (C=O) groups is 1. The molecule has 0 spiro atoms. The van der Waals surface area contributed by atoms with Crippen molar-refractivity contribution in [3.63, 3.8) is 0 Å². The molecule has 2 aromatic carbocycles. The number of hydrogen-bond acceptors (Lipinski definition) is 5. The number of anilines is 1. The van der Waals surface area contributed by atoms with Crippen LogP contribution in [0.3, 0.4) is 0 Å². The van der Waals surface area contributed by atoms with Gasteiger partial charge in [-0.25, -0.2) is 18.1 Å². The van der Waals surface area contributed by atoms with Gasteiger partial charge in [0.2, 0.25) is 15.9 Å². The lowest BCUT2D eigenvalue weighted by molar-refractivity contribution is -0.115. The number of aryl methyl sites for hydroxylation is 1. The molecule has 9 heteroatoms. The summed E-state index contributed by atoms with van der Waals surface area (Å²) < 4.78 is 28.3. The number of carbonyl (C=O) groups excluding carboxylic acids is 1. The van der Waals surface area contributed by atoms with Crippen molar-refractivity contribution in [3.8, 4) is 0 Å². The molecule has 28 heavy (non-hydrogen) atoms. The molecule has 1 amide bonds. The van der Waals surface area contributed by atoms with Gasteiger partial charge in [0.25, 0.3) is 5.56 Å². The second-order valence-electron chi connectivity index (χ2n) is 6.51. The van der Waals surface area contributed by atoms with Crippen LogP contribution in [-0.2, 0) is 27.8 Å². The van der Waals surface area contributed by atoms with Crippen molar-refractivity contribution in [1.82, 2.24) is 14.3 Å². The average molecular weight is 398 g/mol. The molecule has 1 aliphatic heterocycles. The molecule has 8 nitrogen and oxygen atoms in total. The molecule has 2 heterocycles. The van der Waals surface area contributed by atoms with Gasteiger partial charge >= 0.3 is 0 Å². The molecule has 0 aliphatic carbocycles. The summed E-state index contributed by atoms with van der Waals surface area (Å²) in [7, 11) is -3.76. The molecule has 0 bridgehead atoms. The van der Waals surface area contributed by atoms with E-state index in [0.717, 1.165) is 18.7 Å². The summed E-state index contributed by atoms with van der Waals surface area (Å²) in [6.07, 6.45) is 1.65. The molecular weight excluding hydrogens is 380 g/mol. The molecule has 144 valence electrons. The van der Waals surface area contributed by atoms with Crippen LogP contribution in [0, 0.1) is 0 Å². The molecule has 0 atom stereocenters. The zero-order valence-corrected chi connectivity index (χ0v) is 15.7. The first-order valence-electron chi connectivity index (χ1n) is 8.82. The molecule has 0 saturated carbocycles. The Morgan fingerprint density at radius 3 is 2.71 bits per heavy atom. The van der Waals surface area contributed by atoms with Crippen LogP contribution >= 0.6 is 0 Å². The Morgan fingerprint density at radius 1 is 1.14 bits per heavy atom. The van der Waals surface area contributed by atoms with Gasteiger partial charge in [-0.3, -0.25) is 14.2 Å². The Bertz CT molecular complexity index is 1220. The summed E-state index contributed by atoms with van der Waals surface area (Å²) in [5.74, 6) is 0.230. The van der Waals surface area contributed by atoms with Crippen LogP contribution in [0.2, 0.25) is 0 Å². The second kappa shape index (κ2) is 7.17. The lowest BCUT2D eigenvalue weighted by atomic mass is 10.2. The fourth-order valence-corrected chi connectivity index (χ4v) is 4.21. The van der Waals surface area contributed by atoms with E-state index in [0.29, 0.717) is 23.1 Å². The Labute approximate surface area is 161 Å². The molecule has 3 aromatic rings. The molecule has 1 aromatic heterocycles. The van der Waals surface area contributed by atoms with Crippen LogP contribution < -0.4 is 15.6 Å². The largest absolute Gasteiger partial charge is 0.325 e. The van der Waals surface area contributed by atoms with Crippen molar-refractivity contribution in [3.05, 3.63) is 64.7 Å². The second-order valence-corrected chi connectivity index (χ2v) is 8.27. The molecule has 0 saturated heterocycles. The van der Waals surface area contributed by atoms with E-state index < -0.39 is 22.5 Å². The number of sulfonamides is 1. The first-order valence-corrected chi connectivity index (χ1v) is 10.3. The maximum Gasteiger partial charge on any atom is 0.261 e. The Hall–Kier alpha value is -3.04. The number of amides is 1. The first kappa shape index (κ1) is 18.3. The molecule has 1 aliphatic rings. The number of aromatic nitrogens is 2. The fourth-order valence-electron chi connectivity index (χ4n) is 3.21. The monoisotopic (exact) mass is 398 g/mol. The number of benzene rings is 2. The quantitative estimate of drug-likeness (QED) is 0.672. The summed E-state index contributed by atoms with van der Waals surface area (Å²) in [5, 5.41) is 3.12. The van der Waals surface area contributed by atoms with Gasteiger partial charge in [0.15, 0.2) is 0 Å². The highest BCUT2D eigenvalue weighted by molar-refractivity contribution is 7.89. The third kappa shape index (κ3) is 3.54. The van der Waals surface area contributed by atoms with Crippen LogP contribution in [0.25, 0.3) is 10.9 Å². The predicted octanol–water partition coefficient (Wildman–Crippen LogP) is 1.26. The van der Waals surface area contributed by atoms with Crippen LogP contribution in [0.1, 0.15) is 12.2 Å². The van der Waals surface area contributed by atoms with Crippen molar-refractivity contribution < 1.29 is 13.2 Å². The van der Waals surface area contributed by atoms with Gasteiger partial charge in [-0.15, -0.1) is 0 Å². The summed E-state index contributed by atoms with van der Waals surface area (Å²) in [6, 6.07) is 12.7. The summed E-state index contributed by atoms with van der Waals surface area (Å²) in [5.41, 5.74) is 0.887. The van der Waals surface area contributed by atoms with Gasteiger partial charge < -0.3 is 5.32 Å². The van der Waals surface area contributed by atoms with E-state index in [9.17, 15) is 18.0 Å². The van der Waals surface area contributed by atoms with E-state index >= 15 is 0 Å². The Morgan fingerprint density at radius 2 is 1.93 bits per heavy atom. The molecule has 0 fully saturated rings. The minimum Gasteiger partial charge on any atom is -0.325 e. The number of nitrogens with zero attached hydrogens (tertiary/aromatic N) is 2. The summed E-state index contributed by atoms with van der Waals surface area (Å²) in [4.78, 5) is 29.2. The zero-order chi connectivity index (χ0) is 19.7. The van der Waals surface area contributed by atoms with E-state index in [1.807, 2.05) is 0 Å². The minimum absolute atomic E-state index is 0.0778. The highest BCUT2D eigenvalue weighted by atomic mass is 32.2. The van der Waals surface area contributed by atoms with Crippen molar-refractivity contribution in [1.29, 1.82) is 0 Å². The minimum atomic E-state index is -3.76. The standard InChI is InChI=1S/C19H18N4O4S/c24-18(12-20-28(26,27)14-5-2-1-3-6-14)21-13-8-9-15-16(11-13)22-17-7-4-10-23(17)19(15)25/h1-3,5-6,8-9,11,20H,4,7,10,12H2,(H,21,24). The first-order chi connectivity index (χ1) is 13.4. The smallest absolute Gasteiger partial charge is 0.261 e. The summed E-state index contributed by atoms with van der Waals surface area (Å²) >= 11 is 0. The maximum absolute atomic E-state index is 12.5. The highest BCUT2D eigenvalue weighted by Gasteiger charge is 2.17. The summed E-state index contributed by atoms with van der Waals surface area (Å²) in [6.45, 7) is 0.271. The molecule has 0 radical (unpaired) electrons. The van der Waals surface area contributed by atoms with Gasteiger partial charge in [-0.1, -0.05) is 18.2 Å². The van der Waals surface area contributed by atoms with E-state index in [4.69, 9.17) is 0 Å². The molecule has 2 N–H and O–H groups in total. The predicted molar refractivity (Wildman–Crippen MR) is 105 cm³/mol. The molecule has 0 unspecified atom stereocenters. The van der Waals surface area contributed by atoms with Crippen molar-refractivity contribution in [2.75, 3.05) is 11.9 Å².